The number of alkyl halides is 3. The van der Waals surface area contributed by atoms with Crippen molar-refractivity contribution < 1.29 is 22.7 Å². The molecule has 1 saturated heterocycles. The highest BCUT2D eigenvalue weighted by atomic mass is 19.4. The van der Waals surface area contributed by atoms with E-state index in [-0.39, 0.29) is 23.4 Å². The lowest BCUT2D eigenvalue weighted by molar-refractivity contribution is -0.137. The first kappa shape index (κ1) is 22.3. The van der Waals surface area contributed by atoms with E-state index in [1.807, 2.05) is 32.6 Å². The van der Waals surface area contributed by atoms with Crippen LogP contribution in [0.2, 0.25) is 0 Å². The molecule has 2 aliphatic heterocycles. The zero-order valence-electron chi connectivity index (χ0n) is 18.4. The molecule has 2 N–H and O–H groups in total. The molecule has 0 aliphatic carbocycles. The third kappa shape index (κ3) is 4.36. The van der Waals surface area contributed by atoms with Gasteiger partial charge in [-0.2, -0.15) is 13.2 Å². The van der Waals surface area contributed by atoms with Crippen LogP contribution < -0.4 is 15.5 Å². The highest BCUT2D eigenvalue weighted by Gasteiger charge is 2.39. The van der Waals surface area contributed by atoms with Crippen LogP contribution in [0.1, 0.15) is 44.9 Å². The third-order valence-corrected chi connectivity index (χ3v) is 5.59. The predicted molar refractivity (Wildman–Crippen MR) is 114 cm³/mol. The zero-order chi connectivity index (χ0) is 23.3. The van der Waals surface area contributed by atoms with E-state index >= 15 is 0 Å². The zero-order valence-corrected chi connectivity index (χ0v) is 18.4. The number of pyridine rings is 2. The Kier molecular flexibility index (Phi) is 5.52. The first-order chi connectivity index (χ1) is 14.9. The normalized spacial score (nSPS) is 21.6. The Morgan fingerprint density at radius 3 is 2.62 bits per heavy atom. The smallest absolute Gasteiger partial charge is 0.416 e. The van der Waals surface area contributed by atoms with E-state index in [1.165, 1.54) is 6.20 Å². The molecular formula is C22H26F3N5O2. The number of nitrogens with zero attached hydrogens (tertiary/aromatic N) is 3. The Labute approximate surface area is 184 Å². The SMILES string of the molecule is C[C@H]1CN(c2cc(C(F)(F)F)cc(-c3ccnc4c3[C@H](C(C)(C)C)OC(=O)N4)n2)CCN1. The minimum Gasteiger partial charge on any atom is -0.440 e. The molecule has 0 aromatic carbocycles. The lowest BCUT2D eigenvalue weighted by atomic mass is 9.82. The quantitative estimate of drug-likeness (QED) is 0.697. The molecule has 0 spiro atoms. The molecule has 2 aliphatic rings. The van der Waals surface area contributed by atoms with Gasteiger partial charge in [0.1, 0.15) is 17.7 Å². The molecule has 32 heavy (non-hydrogen) atoms. The number of hydrogen-bond donors (Lipinski definition) is 2. The van der Waals surface area contributed by atoms with Crippen LogP contribution in [-0.2, 0) is 10.9 Å². The fraction of sp³-hybridized carbons (Fsp3) is 0.500. The average molecular weight is 449 g/mol. The number of ether oxygens (including phenoxy) is 1. The van der Waals surface area contributed by atoms with Gasteiger partial charge in [0, 0.05) is 48.4 Å². The van der Waals surface area contributed by atoms with Crippen molar-refractivity contribution in [3.63, 3.8) is 0 Å². The molecule has 172 valence electrons. The van der Waals surface area contributed by atoms with E-state index < -0.39 is 29.4 Å². The van der Waals surface area contributed by atoms with Gasteiger partial charge in [-0.1, -0.05) is 20.8 Å². The predicted octanol–water partition coefficient (Wildman–Crippen LogP) is 4.61. The number of halogens is 3. The van der Waals surface area contributed by atoms with Crippen LogP contribution in [0.5, 0.6) is 0 Å². The van der Waals surface area contributed by atoms with Gasteiger partial charge in [0.15, 0.2) is 0 Å². The van der Waals surface area contributed by atoms with Gasteiger partial charge in [0.2, 0.25) is 0 Å². The van der Waals surface area contributed by atoms with Crippen LogP contribution in [-0.4, -0.2) is 41.7 Å². The molecule has 4 heterocycles. The van der Waals surface area contributed by atoms with Gasteiger partial charge in [-0.25, -0.2) is 14.8 Å². The van der Waals surface area contributed by atoms with Crippen molar-refractivity contribution in [3.8, 4) is 11.3 Å². The number of piperazine rings is 1. The minimum absolute atomic E-state index is 0.131. The lowest BCUT2D eigenvalue weighted by Crippen LogP contribution is -2.49. The largest absolute Gasteiger partial charge is 0.440 e. The van der Waals surface area contributed by atoms with E-state index in [0.29, 0.717) is 30.8 Å². The number of hydrogen-bond acceptors (Lipinski definition) is 6. The van der Waals surface area contributed by atoms with Gasteiger partial charge < -0.3 is 15.0 Å². The molecule has 2 aromatic heterocycles. The first-order valence-corrected chi connectivity index (χ1v) is 10.5. The van der Waals surface area contributed by atoms with Crippen LogP contribution >= 0.6 is 0 Å². The Hall–Kier alpha value is -2.88. The van der Waals surface area contributed by atoms with Crippen LogP contribution in [0.25, 0.3) is 11.3 Å². The molecule has 2 atom stereocenters. The number of anilines is 2. The second-order valence-corrected chi connectivity index (χ2v) is 9.30. The molecule has 0 bridgehead atoms. The third-order valence-electron chi connectivity index (χ3n) is 5.59. The summed E-state index contributed by atoms with van der Waals surface area (Å²) in [7, 11) is 0. The van der Waals surface area contributed by atoms with Crippen LogP contribution in [0.3, 0.4) is 0 Å². The fourth-order valence-corrected chi connectivity index (χ4v) is 4.08. The lowest BCUT2D eigenvalue weighted by Gasteiger charge is -2.36. The molecule has 4 rings (SSSR count). The number of rotatable bonds is 2. The topological polar surface area (TPSA) is 79.4 Å². The fourth-order valence-electron chi connectivity index (χ4n) is 4.08. The summed E-state index contributed by atoms with van der Waals surface area (Å²) in [5.41, 5.74) is -0.157. The highest BCUT2D eigenvalue weighted by molar-refractivity contribution is 5.89. The molecule has 10 heteroatoms. The molecule has 0 unspecified atom stereocenters. The molecule has 1 fully saturated rings. The summed E-state index contributed by atoms with van der Waals surface area (Å²) in [5.74, 6) is 0.539. The van der Waals surface area contributed by atoms with Gasteiger partial charge in [-0.3, -0.25) is 5.32 Å². The number of fused-ring (bicyclic) bond motifs is 1. The number of carbonyl (C=O) groups is 1. The number of cyclic esters (lactones) is 1. The van der Waals surface area contributed by atoms with Crippen molar-refractivity contribution in [2.75, 3.05) is 29.9 Å². The maximum atomic E-state index is 13.8. The van der Waals surface area contributed by atoms with Crippen LogP contribution in [0.4, 0.5) is 29.6 Å². The van der Waals surface area contributed by atoms with E-state index in [1.54, 1.807) is 6.07 Å². The summed E-state index contributed by atoms with van der Waals surface area (Å²) >= 11 is 0. The molecule has 0 radical (unpaired) electrons. The standard InChI is InChI=1S/C22H26F3N5O2/c1-12-11-30(8-7-26-12)16-10-13(22(23,24)25)9-15(28-16)14-5-6-27-19-17(14)18(21(2,3)4)32-20(31)29-19/h5-6,9-10,12,18,26H,7-8,11H2,1-4H3,(H,27,29,31)/t12-,18+/m0/s1. The van der Waals surface area contributed by atoms with Crippen molar-refractivity contribution >= 4 is 17.7 Å². The van der Waals surface area contributed by atoms with E-state index in [0.717, 1.165) is 12.1 Å². The van der Waals surface area contributed by atoms with Crippen molar-refractivity contribution in [1.82, 2.24) is 15.3 Å². The van der Waals surface area contributed by atoms with Crippen molar-refractivity contribution in [3.05, 3.63) is 35.5 Å². The summed E-state index contributed by atoms with van der Waals surface area (Å²) < 4.78 is 47.0. The van der Waals surface area contributed by atoms with Gasteiger partial charge in [-0.05, 0) is 25.1 Å². The Balaban J connectivity index is 1.90. The van der Waals surface area contributed by atoms with Gasteiger partial charge in [0.25, 0.3) is 0 Å². The molecule has 1 amide bonds. The molecule has 2 aromatic rings. The molecule has 0 saturated carbocycles. The maximum absolute atomic E-state index is 13.8. The number of nitrogens with one attached hydrogen (secondary N) is 2. The first-order valence-electron chi connectivity index (χ1n) is 10.5. The van der Waals surface area contributed by atoms with Gasteiger partial charge in [-0.15, -0.1) is 0 Å². The van der Waals surface area contributed by atoms with E-state index in [9.17, 15) is 18.0 Å². The summed E-state index contributed by atoms with van der Waals surface area (Å²) in [6, 6.07) is 3.88. The molecular weight excluding hydrogens is 423 g/mol. The van der Waals surface area contributed by atoms with Crippen molar-refractivity contribution in [2.45, 2.75) is 46.0 Å². The van der Waals surface area contributed by atoms with E-state index in [2.05, 4.69) is 20.6 Å². The molecule has 7 nitrogen and oxygen atoms in total. The van der Waals surface area contributed by atoms with Gasteiger partial charge >= 0.3 is 12.3 Å². The number of amides is 1. The number of aromatic nitrogens is 2. The van der Waals surface area contributed by atoms with Crippen molar-refractivity contribution in [2.24, 2.45) is 5.41 Å². The Bertz CT molecular complexity index is 1040. The monoisotopic (exact) mass is 449 g/mol. The second-order valence-electron chi connectivity index (χ2n) is 9.30. The van der Waals surface area contributed by atoms with E-state index in [4.69, 9.17) is 4.74 Å². The number of carbonyl (C=O) groups excluding carboxylic acids is 1. The summed E-state index contributed by atoms with van der Waals surface area (Å²) in [6.07, 6.45) is -4.43. The summed E-state index contributed by atoms with van der Waals surface area (Å²) in [5, 5.41) is 5.84. The highest BCUT2D eigenvalue weighted by Crippen LogP contribution is 2.46. The minimum atomic E-state index is -4.53. The maximum Gasteiger partial charge on any atom is 0.416 e. The average Bonchev–Trinajstić information content (AvgIpc) is 2.71. The summed E-state index contributed by atoms with van der Waals surface area (Å²) in [6.45, 7) is 9.42. The second kappa shape index (κ2) is 7.91. The van der Waals surface area contributed by atoms with Crippen molar-refractivity contribution in [1.29, 1.82) is 0 Å². The summed E-state index contributed by atoms with van der Waals surface area (Å²) in [4.78, 5) is 22.8. The van der Waals surface area contributed by atoms with Gasteiger partial charge in [0.05, 0.1) is 11.3 Å². The Morgan fingerprint density at radius 2 is 1.97 bits per heavy atom. The Morgan fingerprint density at radius 1 is 1.22 bits per heavy atom. The van der Waals surface area contributed by atoms with Crippen LogP contribution in [0.15, 0.2) is 24.4 Å². The van der Waals surface area contributed by atoms with Crippen LogP contribution in [0, 0.1) is 5.41 Å².